The van der Waals surface area contributed by atoms with Gasteiger partial charge in [0, 0.05) is 16.6 Å². The third-order valence-electron chi connectivity index (χ3n) is 2.69. The fourth-order valence-electron chi connectivity index (χ4n) is 1.69. The molecule has 0 aliphatic carbocycles. The van der Waals surface area contributed by atoms with Crippen molar-refractivity contribution in [3.05, 3.63) is 58.1 Å². The number of benzene rings is 2. The minimum absolute atomic E-state index is 0.0575. The van der Waals surface area contributed by atoms with Crippen molar-refractivity contribution >= 4 is 28.8 Å². The molecule has 0 fully saturated rings. The molecule has 0 amide bonds. The van der Waals surface area contributed by atoms with Crippen LogP contribution in [0.5, 0.6) is 0 Å². The van der Waals surface area contributed by atoms with Gasteiger partial charge in [-0.1, -0.05) is 0 Å². The number of anilines is 2. The summed E-state index contributed by atoms with van der Waals surface area (Å²) in [5.74, 6) is 0. The number of nitrogens with zero attached hydrogens (tertiary/aromatic N) is 2. The second-order valence-corrected chi connectivity index (χ2v) is 4.83. The molecular weight excluding hydrogens is 274 g/mol. The molecule has 100 valence electrons. The zero-order valence-corrected chi connectivity index (χ0v) is 11.5. The molecule has 2 aromatic rings. The van der Waals surface area contributed by atoms with Gasteiger partial charge in [-0.25, -0.2) is 0 Å². The first-order valence-electron chi connectivity index (χ1n) is 5.73. The van der Waals surface area contributed by atoms with Crippen molar-refractivity contribution in [2.45, 2.75) is 4.90 Å². The lowest BCUT2D eigenvalue weighted by atomic mass is 10.2. The zero-order chi connectivity index (χ0) is 14.5. The lowest BCUT2D eigenvalue weighted by Crippen LogP contribution is -1.97. The molecule has 5 nitrogen and oxygen atoms in total. The maximum atomic E-state index is 11.0. The van der Waals surface area contributed by atoms with E-state index in [2.05, 4.69) is 5.32 Å². The standard InChI is InChI=1S/C14H11N3O2S/c1-20-12-5-3-11(4-6-12)16-13-8-10(9-15)2-7-14(13)17(18)19/h2-8,16H,1H3. The van der Waals surface area contributed by atoms with E-state index in [1.807, 2.05) is 36.6 Å². The van der Waals surface area contributed by atoms with E-state index in [1.165, 1.54) is 18.2 Å². The minimum atomic E-state index is -0.472. The summed E-state index contributed by atoms with van der Waals surface area (Å²) < 4.78 is 0. The first kappa shape index (κ1) is 13.9. The summed E-state index contributed by atoms with van der Waals surface area (Å²) in [5, 5.41) is 22.8. The van der Waals surface area contributed by atoms with Gasteiger partial charge in [-0.2, -0.15) is 5.26 Å². The van der Waals surface area contributed by atoms with Crippen LogP contribution in [0.4, 0.5) is 17.1 Å². The average molecular weight is 285 g/mol. The van der Waals surface area contributed by atoms with Gasteiger partial charge in [0.25, 0.3) is 5.69 Å². The molecule has 1 N–H and O–H groups in total. The summed E-state index contributed by atoms with van der Waals surface area (Å²) >= 11 is 1.62. The van der Waals surface area contributed by atoms with Crippen molar-refractivity contribution in [1.82, 2.24) is 0 Å². The van der Waals surface area contributed by atoms with Crippen LogP contribution in [0, 0.1) is 21.4 Å². The predicted octanol–water partition coefficient (Wildman–Crippen LogP) is 3.93. The summed E-state index contributed by atoms with van der Waals surface area (Å²) in [4.78, 5) is 11.6. The molecule has 2 aromatic carbocycles. The molecule has 0 saturated carbocycles. The summed E-state index contributed by atoms with van der Waals surface area (Å²) in [6.07, 6.45) is 1.98. The number of nitrogens with one attached hydrogen (secondary N) is 1. The number of rotatable bonds is 4. The highest BCUT2D eigenvalue weighted by molar-refractivity contribution is 7.98. The number of nitro groups is 1. The topological polar surface area (TPSA) is 79.0 Å². The van der Waals surface area contributed by atoms with Crippen molar-refractivity contribution in [3.63, 3.8) is 0 Å². The van der Waals surface area contributed by atoms with Crippen molar-refractivity contribution in [3.8, 4) is 6.07 Å². The molecular formula is C14H11N3O2S. The van der Waals surface area contributed by atoms with Gasteiger partial charge in [0.15, 0.2) is 0 Å². The van der Waals surface area contributed by atoms with E-state index in [1.54, 1.807) is 11.8 Å². The Morgan fingerprint density at radius 3 is 2.50 bits per heavy atom. The van der Waals surface area contributed by atoms with E-state index in [9.17, 15) is 10.1 Å². The van der Waals surface area contributed by atoms with E-state index in [-0.39, 0.29) is 5.69 Å². The molecule has 0 heterocycles. The minimum Gasteiger partial charge on any atom is -0.350 e. The summed E-state index contributed by atoms with van der Waals surface area (Å²) in [7, 11) is 0. The van der Waals surface area contributed by atoms with Crippen LogP contribution < -0.4 is 5.32 Å². The molecule has 0 aliphatic rings. The lowest BCUT2D eigenvalue weighted by Gasteiger charge is -2.08. The molecule has 0 bridgehead atoms. The van der Waals surface area contributed by atoms with Gasteiger partial charge in [-0.3, -0.25) is 10.1 Å². The smallest absolute Gasteiger partial charge is 0.292 e. The van der Waals surface area contributed by atoms with E-state index < -0.39 is 4.92 Å². The van der Waals surface area contributed by atoms with Crippen molar-refractivity contribution in [1.29, 1.82) is 5.26 Å². The molecule has 0 unspecified atom stereocenters. The largest absolute Gasteiger partial charge is 0.350 e. The number of hydrogen-bond donors (Lipinski definition) is 1. The van der Waals surface area contributed by atoms with E-state index in [4.69, 9.17) is 5.26 Å². The molecule has 0 aromatic heterocycles. The Labute approximate surface area is 120 Å². The molecule has 2 rings (SSSR count). The fraction of sp³-hybridized carbons (Fsp3) is 0.0714. The van der Waals surface area contributed by atoms with E-state index >= 15 is 0 Å². The number of hydrogen-bond acceptors (Lipinski definition) is 5. The molecule has 0 atom stereocenters. The van der Waals surface area contributed by atoms with Crippen molar-refractivity contribution in [2.75, 3.05) is 11.6 Å². The van der Waals surface area contributed by atoms with Crippen molar-refractivity contribution < 1.29 is 4.92 Å². The molecule has 20 heavy (non-hydrogen) atoms. The van der Waals surface area contributed by atoms with Gasteiger partial charge in [0.05, 0.1) is 16.6 Å². The Hall–Kier alpha value is -2.52. The number of thioether (sulfide) groups is 1. The molecule has 0 radical (unpaired) electrons. The summed E-state index contributed by atoms with van der Waals surface area (Å²) in [5.41, 5.74) is 1.36. The van der Waals surface area contributed by atoms with E-state index in [0.29, 0.717) is 11.3 Å². The van der Waals surface area contributed by atoms with Gasteiger partial charge in [-0.15, -0.1) is 11.8 Å². The van der Waals surface area contributed by atoms with E-state index in [0.717, 1.165) is 10.6 Å². The lowest BCUT2D eigenvalue weighted by molar-refractivity contribution is -0.383. The zero-order valence-electron chi connectivity index (χ0n) is 10.7. The number of nitriles is 1. The van der Waals surface area contributed by atoms with Gasteiger partial charge < -0.3 is 5.32 Å². The maximum Gasteiger partial charge on any atom is 0.292 e. The highest BCUT2D eigenvalue weighted by atomic mass is 32.2. The Balaban J connectivity index is 2.35. The molecule has 6 heteroatoms. The summed E-state index contributed by atoms with van der Waals surface area (Å²) in [6, 6.07) is 13.7. The highest BCUT2D eigenvalue weighted by Gasteiger charge is 2.14. The fourth-order valence-corrected chi connectivity index (χ4v) is 2.10. The van der Waals surface area contributed by atoms with Crippen molar-refractivity contribution in [2.24, 2.45) is 0 Å². The first-order chi connectivity index (χ1) is 9.63. The van der Waals surface area contributed by atoms with Gasteiger partial charge in [-0.05, 0) is 42.7 Å². The Morgan fingerprint density at radius 1 is 1.25 bits per heavy atom. The Bertz CT molecular complexity index is 678. The van der Waals surface area contributed by atoms with Gasteiger partial charge in [0.1, 0.15) is 5.69 Å². The third kappa shape index (κ3) is 3.08. The second kappa shape index (κ2) is 6.08. The summed E-state index contributed by atoms with van der Waals surface area (Å²) in [6.45, 7) is 0. The number of nitro benzene ring substituents is 1. The Kier molecular flexibility index (Phi) is 4.23. The molecule has 0 aliphatic heterocycles. The van der Waals surface area contributed by atoms with Crippen LogP contribution in [0.25, 0.3) is 0 Å². The van der Waals surface area contributed by atoms with Crippen LogP contribution in [0.3, 0.4) is 0 Å². The van der Waals surface area contributed by atoms with Crippen LogP contribution in [-0.4, -0.2) is 11.2 Å². The quantitative estimate of drug-likeness (QED) is 0.523. The van der Waals surface area contributed by atoms with Crippen LogP contribution >= 0.6 is 11.8 Å². The maximum absolute atomic E-state index is 11.0. The normalized spacial score (nSPS) is 9.80. The average Bonchev–Trinajstić information content (AvgIpc) is 2.47. The third-order valence-corrected chi connectivity index (χ3v) is 3.43. The monoisotopic (exact) mass is 285 g/mol. The second-order valence-electron chi connectivity index (χ2n) is 3.95. The van der Waals surface area contributed by atoms with Gasteiger partial charge >= 0.3 is 0 Å². The predicted molar refractivity (Wildman–Crippen MR) is 79.3 cm³/mol. The Morgan fingerprint density at radius 2 is 1.95 bits per heavy atom. The first-order valence-corrected chi connectivity index (χ1v) is 6.96. The molecule has 0 saturated heterocycles. The van der Waals surface area contributed by atoms with Crippen LogP contribution in [0.1, 0.15) is 5.56 Å². The molecule has 0 spiro atoms. The van der Waals surface area contributed by atoms with Crippen LogP contribution in [0.2, 0.25) is 0 Å². The SMILES string of the molecule is CSc1ccc(Nc2cc(C#N)ccc2[N+](=O)[O-])cc1. The van der Waals surface area contributed by atoms with Gasteiger partial charge in [0.2, 0.25) is 0 Å². The highest BCUT2D eigenvalue weighted by Crippen LogP contribution is 2.29. The van der Waals surface area contributed by atoms with Crippen LogP contribution in [-0.2, 0) is 0 Å². The van der Waals surface area contributed by atoms with Crippen LogP contribution in [0.15, 0.2) is 47.4 Å².